The monoisotopic (exact) mass is 278 g/mol. The van der Waals surface area contributed by atoms with Crippen molar-refractivity contribution in [2.75, 3.05) is 12.4 Å². The van der Waals surface area contributed by atoms with E-state index in [1.54, 1.807) is 43.6 Å². The van der Waals surface area contributed by atoms with Crippen LogP contribution in [0, 0.1) is 0 Å². The first-order chi connectivity index (χ1) is 9.13. The summed E-state index contributed by atoms with van der Waals surface area (Å²) in [6.07, 6.45) is 3.06. The average Bonchev–Trinajstić information content (AvgIpc) is 2.46. The van der Waals surface area contributed by atoms with Gasteiger partial charge in [0.1, 0.15) is 0 Å². The second-order valence-electron chi connectivity index (χ2n) is 3.75. The molecule has 100 valence electrons. The van der Waals surface area contributed by atoms with Crippen LogP contribution in [0.5, 0.6) is 0 Å². The zero-order chi connectivity index (χ0) is 13.7. The van der Waals surface area contributed by atoms with E-state index in [1.165, 1.54) is 6.20 Å². The Kier molecular flexibility index (Phi) is 4.08. The lowest BCUT2D eigenvalue weighted by molar-refractivity contribution is 0.577. The molecule has 0 atom stereocenters. The molecule has 0 saturated carbocycles. The molecule has 6 nitrogen and oxygen atoms in total. The number of hydrogen-bond acceptors (Lipinski definition) is 5. The highest BCUT2D eigenvalue weighted by molar-refractivity contribution is 7.89. The van der Waals surface area contributed by atoms with Crippen molar-refractivity contribution in [3.05, 3.63) is 48.4 Å². The molecule has 0 aromatic carbocycles. The number of nitrogens with zero attached hydrogens (tertiary/aromatic N) is 2. The number of sulfonamides is 1. The number of rotatable bonds is 5. The molecular formula is C12H14N4O2S. The van der Waals surface area contributed by atoms with E-state index in [0.717, 1.165) is 0 Å². The molecule has 0 fully saturated rings. The normalized spacial score (nSPS) is 11.2. The van der Waals surface area contributed by atoms with Gasteiger partial charge in [-0.15, -0.1) is 0 Å². The lowest BCUT2D eigenvalue weighted by Crippen LogP contribution is -2.25. The molecule has 2 rings (SSSR count). The third-order valence-corrected chi connectivity index (χ3v) is 3.82. The summed E-state index contributed by atoms with van der Waals surface area (Å²) in [6, 6.07) is 8.65. The smallest absolute Gasteiger partial charge is 0.260 e. The van der Waals surface area contributed by atoms with Gasteiger partial charge < -0.3 is 5.32 Å². The fraction of sp³-hybridized carbons (Fsp3) is 0.167. The van der Waals surface area contributed by atoms with Crippen molar-refractivity contribution in [2.45, 2.75) is 11.6 Å². The van der Waals surface area contributed by atoms with E-state index in [1.807, 2.05) is 0 Å². The molecule has 19 heavy (non-hydrogen) atoms. The Labute approximate surface area is 112 Å². The van der Waals surface area contributed by atoms with Crippen LogP contribution in [0.4, 0.5) is 5.69 Å². The fourth-order valence-corrected chi connectivity index (χ4v) is 2.67. The van der Waals surface area contributed by atoms with Crippen LogP contribution in [0.15, 0.2) is 47.8 Å². The summed E-state index contributed by atoms with van der Waals surface area (Å²) in [6.45, 7) is 0.128. The predicted octanol–water partition coefficient (Wildman–Crippen LogP) is 0.997. The van der Waals surface area contributed by atoms with Crippen molar-refractivity contribution in [2.24, 2.45) is 0 Å². The highest BCUT2D eigenvalue weighted by Gasteiger charge is 2.19. The number of hydrogen-bond donors (Lipinski definition) is 2. The lowest BCUT2D eigenvalue weighted by atomic mass is 10.4. The molecule has 0 aliphatic heterocycles. The van der Waals surface area contributed by atoms with Gasteiger partial charge in [-0.05, 0) is 24.3 Å². The van der Waals surface area contributed by atoms with Gasteiger partial charge in [0.2, 0.25) is 0 Å². The number of pyridine rings is 2. The van der Waals surface area contributed by atoms with Crippen LogP contribution >= 0.6 is 0 Å². The minimum atomic E-state index is -3.66. The van der Waals surface area contributed by atoms with E-state index in [0.29, 0.717) is 11.4 Å². The van der Waals surface area contributed by atoms with Crippen LogP contribution < -0.4 is 10.0 Å². The van der Waals surface area contributed by atoms with Crippen LogP contribution in [0.3, 0.4) is 0 Å². The highest BCUT2D eigenvalue weighted by atomic mass is 32.2. The summed E-state index contributed by atoms with van der Waals surface area (Å²) < 4.78 is 26.8. The fourth-order valence-electron chi connectivity index (χ4n) is 1.54. The predicted molar refractivity (Wildman–Crippen MR) is 72.0 cm³/mol. The maximum atomic E-state index is 12.1. The van der Waals surface area contributed by atoms with Gasteiger partial charge in [0.05, 0.1) is 17.9 Å². The molecule has 7 heteroatoms. The van der Waals surface area contributed by atoms with Crippen LogP contribution in [-0.2, 0) is 16.6 Å². The third-order valence-electron chi connectivity index (χ3n) is 2.46. The summed E-state index contributed by atoms with van der Waals surface area (Å²) >= 11 is 0. The van der Waals surface area contributed by atoms with Crippen molar-refractivity contribution >= 4 is 15.7 Å². The molecule has 0 unspecified atom stereocenters. The minimum absolute atomic E-state index is 0.0200. The van der Waals surface area contributed by atoms with Crippen LogP contribution in [0.1, 0.15) is 5.69 Å². The molecule has 0 bridgehead atoms. The van der Waals surface area contributed by atoms with Crippen LogP contribution in [0.2, 0.25) is 0 Å². The lowest BCUT2D eigenvalue weighted by Gasteiger charge is -2.09. The van der Waals surface area contributed by atoms with Crippen molar-refractivity contribution < 1.29 is 8.42 Å². The Hall–Kier alpha value is -1.99. The van der Waals surface area contributed by atoms with Crippen LogP contribution in [0.25, 0.3) is 0 Å². The first-order valence-corrected chi connectivity index (χ1v) is 7.14. The molecule has 0 aliphatic rings. The Balaban J connectivity index is 2.19. The van der Waals surface area contributed by atoms with E-state index in [2.05, 4.69) is 20.0 Å². The molecule has 0 aliphatic carbocycles. The van der Waals surface area contributed by atoms with E-state index < -0.39 is 10.0 Å². The van der Waals surface area contributed by atoms with Crippen molar-refractivity contribution in [3.63, 3.8) is 0 Å². The van der Waals surface area contributed by atoms with E-state index in [9.17, 15) is 8.42 Å². The highest BCUT2D eigenvalue weighted by Crippen LogP contribution is 2.16. The third kappa shape index (κ3) is 3.27. The van der Waals surface area contributed by atoms with Gasteiger partial charge in [-0.2, -0.15) is 0 Å². The zero-order valence-corrected chi connectivity index (χ0v) is 11.2. The van der Waals surface area contributed by atoms with Gasteiger partial charge in [-0.1, -0.05) is 6.07 Å². The molecule has 2 N–H and O–H groups in total. The Morgan fingerprint density at radius 2 is 1.89 bits per heavy atom. The summed E-state index contributed by atoms with van der Waals surface area (Å²) in [4.78, 5) is 7.96. The number of anilines is 1. The standard InChI is InChI=1S/C12H14N4O2S/c1-13-11-6-4-8-15-12(11)19(17,18)16-9-10-5-2-3-7-14-10/h2-8,13,16H,9H2,1H3. The van der Waals surface area contributed by atoms with E-state index >= 15 is 0 Å². The Morgan fingerprint density at radius 3 is 2.58 bits per heavy atom. The van der Waals surface area contributed by atoms with Gasteiger partial charge in [0, 0.05) is 19.4 Å². The second kappa shape index (κ2) is 5.77. The summed E-state index contributed by atoms with van der Waals surface area (Å²) in [5.41, 5.74) is 1.10. The molecule has 0 radical (unpaired) electrons. The van der Waals surface area contributed by atoms with Crippen molar-refractivity contribution in [3.8, 4) is 0 Å². The molecule has 2 heterocycles. The second-order valence-corrected chi connectivity index (χ2v) is 5.43. The summed E-state index contributed by atoms with van der Waals surface area (Å²) in [5, 5.41) is 2.78. The quantitative estimate of drug-likeness (QED) is 0.852. The summed E-state index contributed by atoms with van der Waals surface area (Å²) in [5.74, 6) is 0. The Bertz CT molecular complexity index is 644. The topological polar surface area (TPSA) is 84.0 Å². The first kappa shape index (κ1) is 13.4. The van der Waals surface area contributed by atoms with Gasteiger partial charge in [-0.25, -0.2) is 18.1 Å². The Morgan fingerprint density at radius 1 is 1.11 bits per heavy atom. The van der Waals surface area contributed by atoms with E-state index in [-0.39, 0.29) is 11.6 Å². The summed E-state index contributed by atoms with van der Waals surface area (Å²) in [7, 11) is -2.02. The zero-order valence-electron chi connectivity index (χ0n) is 10.4. The maximum absolute atomic E-state index is 12.1. The molecule has 0 saturated heterocycles. The van der Waals surface area contributed by atoms with Crippen LogP contribution in [-0.4, -0.2) is 25.4 Å². The minimum Gasteiger partial charge on any atom is -0.386 e. The average molecular weight is 278 g/mol. The van der Waals surface area contributed by atoms with Gasteiger partial charge >= 0.3 is 0 Å². The molecule has 0 amide bonds. The molecule has 2 aromatic heterocycles. The largest absolute Gasteiger partial charge is 0.386 e. The molecular weight excluding hydrogens is 264 g/mol. The van der Waals surface area contributed by atoms with Gasteiger partial charge in [-0.3, -0.25) is 4.98 Å². The van der Waals surface area contributed by atoms with E-state index in [4.69, 9.17) is 0 Å². The van der Waals surface area contributed by atoms with Gasteiger partial charge in [0.15, 0.2) is 5.03 Å². The van der Waals surface area contributed by atoms with Crippen molar-refractivity contribution in [1.29, 1.82) is 0 Å². The maximum Gasteiger partial charge on any atom is 0.260 e. The number of aromatic nitrogens is 2. The molecule has 0 spiro atoms. The number of nitrogens with one attached hydrogen (secondary N) is 2. The molecule has 2 aromatic rings. The van der Waals surface area contributed by atoms with Crippen molar-refractivity contribution in [1.82, 2.24) is 14.7 Å². The first-order valence-electron chi connectivity index (χ1n) is 5.66. The SMILES string of the molecule is CNc1cccnc1S(=O)(=O)NCc1ccccn1. The van der Waals surface area contributed by atoms with Gasteiger partial charge in [0.25, 0.3) is 10.0 Å².